The topological polar surface area (TPSA) is 114 Å². The zero-order valence-corrected chi connectivity index (χ0v) is 20.4. The number of carbonyl (C=O) groups excluding carboxylic acids is 2. The van der Waals surface area contributed by atoms with Crippen LogP contribution in [0.15, 0.2) is 58.5 Å². The molecule has 0 bridgehead atoms. The van der Waals surface area contributed by atoms with Gasteiger partial charge in [0.05, 0.1) is 35.9 Å². The zero-order valence-electron chi connectivity index (χ0n) is 18.9. The molecule has 0 aliphatic heterocycles. The fourth-order valence-corrected chi connectivity index (χ4v) is 5.25. The van der Waals surface area contributed by atoms with E-state index in [1.807, 2.05) is 0 Å². The number of halogens is 1. The summed E-state index contributed by atoms with van der Waals surface area (Å²) in [6.45, 7) is 1.38. The van der Waals surface area contributed by atoms with Crippen LogP contribution in [-0.4, -0.2) is 46.3 Å². The summed E-state index contributed by atoms with van der Waals surface area (Å²) in [5.41, 5.74) is 3.00. The average Bonchev–Trinajstić information content (AvgIpc) is 3.30. The van der Waals surface area contributed by atoms with Gasteiger partial charge in [0, 0.05) is 5.02 Å². The van der Waals surface area contributed by atoms with E-state index in [-0.39, 0.29) is 33.9 Å². The van der Waals surface area contributed by atoms with E-state index < -0.39 is 28.4 Å². The molecular formula is C23H26ClN3O6S. The third kappa shape index (κ3) is 5.87. The second-order valence-corrected chi connectivity index (χ2v) is 9.77. The number of nitrogens with zero attached hydrogens (tertiary/aromatic N) is 2. The van der Waals surface area contributed by atoms with Gasteiger partial charge >= 0.3 is 5.97 Å². The van der Waals surface area contributed by atoms with Crippen molar-refractivity contribution in [2.75, 3.05) is 24.6 Å². The standard InChI is InChI=1S/C23H26ClN3O6S/c1-3-33-23(29)18-10-7-11-19(18)25-26-22(28)15-27(20-14-16(24)12-13-21(20)32-2)34(30,31)17-8-5-4-6-9-17/h4-6,8-9,12-14,18H,3,7,10-11,15H2,1-2H3,(H,26,28)/b25-19-/t18-/m0/s1. The highest BCUT2D eigenvalue weighted by Gasteiger charge is 2.32. The van der Waals surface area contributed by atoms with Gasteiger partial charge in [0.2, 0.25) is 0 Å². The molecule has 182 valence electrons. The first kappa shape index (κ1) is 25.5. The van der Waals surface area contributed by atoms with Crippen molar-refractivity contribution in [3.8, 4) is 5.75 Å². The van der Waals surface area contributed by atoms with Crippen LogP contribution in [-0.2, 0) is 24.3 Å². The van der Waals surface area contributed by atoms with Crippen LogP contribution < -0.4 is 14.5 Å². The van der Waals surface area contributed by atoms with Gasteiger partial charge in [0.1, 0.15) is 12.3 Å². The Morgan fingerprint density at radius 2 is 1.94 bits per heavy atom. The van der Waals surface area contributed by atoms with Crippen LogP contribution in [0.4, 0.5) is 5.69 Å². The van der Waals surface area contributed by atoms with Gasteiger partial charge in [-0.05, 0) is 56.5 Å². The van der Waals surface area contributed by atoms with Crippen LogP contribution in [0.1, 0.15) is 26.2 Å². The molecule has 1 fully saturated rings. The van der Waals surface area contributed by atoms with Crippen molar-refractivity contribution < 1.29 is 27.5 Å². The molecule has 0 unspecified atom stereocenters. The first-order valence-corrected chi connectivity index (χ1v) is 12.5. The number of esters is 1. The molecule has 1 aliphatic carbocycles. The van der Waals surface area contributed by atoms with Gasteiger partial charge in [-0.25, -0.2) is 13.8 Å². The third-order valence-corrected chi connectivity index (χ3v) is 7.26. The Kier molecular flexibility index (Phi) is 8.51. The van der Waals surface area contributed by atoms with Crippen LogP contribution in [0.25, 0.3) is 0 Å². The van der Waals surface area contributed by atoms with Crippen molar-refractivity contribution in [3.63, 3.8) is 0 Å². The number of hydrogen-bond acceptors (Lipinski definition) is 7. The van der Waals surface area contributed by atoms with Crippen molar-refractivity contribution in [2.45, 2.75) is 31.1 Å². The molecule has 9 nitrogen and oxygen atoms in total. The van der Waals surface area contributed by atoms with Gasteiger partial charge in [-0.15, -0.1) is 0 Å². The Labute approximate surface area is 203 Å². The molecule has 0 radical (unpaired) electrons. The summed E-state index contributed by atoms with van der Waals surface area (Å²) < 4.78 is 38.3. The molecule has 0 heterocycles. The van der Waals surface area contributed by atoms with Gasteiger partial charge in [0.15, 0.2) is 0 Å². The predicted octanol–water partition coefficient (Wildman–Crippen LogP) is 3.38. The van der Waals surface area contributed by atoms with E-state index >= 15 is 0 Å². The predicted molar refractivity (Wildman–Crippen MR) is 129 cm³/mol. The number of benzene rings is 2. The number of methoxy groups -OCH3 is 1. The minimum absolute atomic E-state index is 0.00527. The Morgan fingerprint density at radius 1 is 1.21 bits per heavy atom. The average molecular weight is 508 g/mol. The second kappa shape index (κ2) is 11.3. The summed E-state index contributed by atoms with van der Waals surface area (Å²) in [6, 6.07) is 12.2. The maximum Gasteiger partial charge on any atom is 0.314 e. The van der Waals surface area contributed by atoms with E-state index in [4.69, 9.17) is 21.1 Å². The highest BCUT2D eigenvalue weighted by Crippen LogP contribution is 2.34. The van der Waals surface area contributed by atoms with Gasteiger partial charge in [0.25, 0.3) is 15.9 Å². The molecule has 11 heteroatoms. The molecule has 0 saturated heterocycles. The Bertz CT molecular complexity index is 1170. The lowest BCUT2D eigenvalue weighted by molar-refractivity contribution is -0.145. The largest absolute Gasteiger partial charge is 0.495 e. The lowest BCUT2D eigenvalue weighted by atomic mass is 10.1. The molecule has 3 rings (SSSR count). The summed E-state index contributed by atoms with van der Waals surface area (Å²) in [6.07, 6.45) is 1.87. The molecule has 1 N–H and O–H groups in total. The number of nitrogens with one attached hydrogen (secondary N) is 1. The molecule has 1 aliphatic rings. The van der Waals surface area contributed by atoms with Gasteiger partial charge in [-0.3, -0.25) is 13.9 Å². The SMILES string of the molecule is CCOC(=O)[C@H]1CCC/C1=N/NC(=O)CN(c1cc(Cl)ccc1OC)S(=O)(=O)c1ccccc1. The van der Waals surface area contributed by atoms with E-state index in [1.54, 1.807) is 31.2 Å². The van der Waals surface area contributed by atoms with Crippen LogP contribution in [0, 0.1) is 5.92 Å². The fourth-order valence-electron chi connectivity index (χ4n) is 3.64. The van der Waals surface area contributed by atoms with Crippen molar-refractivity contribution in [1.82, 2.24) is 5.43 Å². The fraction of sp³-hybridized carbons (Fsp3) is 0.348. The summed E-state index contributed by atoms with van der Waals surface area (Å²) in [4.78, 5) is 25.0. The third-order valence-electron chi connectivity index (χ3n) is 5.25. The van der Waals surface area contributed by atoms with Crippen LogP contribution in [0.3, 0.4) is 0 Å². The van der Waals surface area contributed by atoms with E-state index in [0.717, 1.165) is 10.7 Å². The number of amides is 1. The summed E-state index contributed by atoms with van der Waals surface area (Å²) >= 11 is 6.13. The first-order chi connectivity index (χ1) is 16.3. The van der Waals surface area contributed by atoms with E-state index in [1.165, 1.54) is 31.4 Å². The van der Waals surface area contributed by atoms with Crippen molar-refractivity contribution in [2.24, 2.45) is 11.0 Å². The highest BCUT2D eigenvalue weighted by atomic mass is 35.5. The normalized spacial score (nSPS) is 16.8. The van der Waals surface area contributed by atoms with Crippen LogP contribution in [0.5, 0.6) is 5.75 Å². The Morgan fingerprint density at radius 3 is 2.62 bits per heavy atom. The molecule has 0 spiro atoms. The number of rotatable bonds is 9. The molecule has 1 amide bonds. The van der Waals surface area contributed by atoms with Crippen molar-refractivity contribution in [1.29, 1.82) is 0 Å². The Balaban J connectivity index is 1.90. The van der Waals surface area contributed by atoms with Gasteiger partial charge in [-0.2, -0.15) is 5.10 Å². The van der Waals surface area contributed by atoms with Gasteiger partial charge < -0.3 is 9.47 Å². The monoisotopic (exact) mass is 507 g/mol. The maximum atomic E-state index is 13.5. The van der Waals surface area contributed by atoms with E-state index in [9.17, 15) is 18.0 Å². The lowest BCUT2D eigenvalue weighted by Gasteiger charge is -2.25. The molecule has 0 aromatic heterocycles. The quantitative estimate of drug-likeness (QED) is 0.411. The lowest BCUT2D eigenvalue weighted by Crippen LogP contribution is -2.40. The molecule has 34 heavy (non-hydrogen) atoms. The first-order valence-electron chi connectivity index (χ1n) is 10.7. The Hall–Kier alpha value is -3.11. The van der Waals surface area contributed by atoms with Crippen LogP contribution >= 0.6 is 11.6 Å². The van der Waals surface area contributed by atoms with Crippen LogP contribution in [0.2, 0.25) is 5.02 Å². The van der Waals surface area contributed by atoms with Crippen molar-refractivity contribution >= 4 is 44.9 Å². The summed E-state index contributed by atoms with van der Waals surface area (Å²) in [7, 11) is -2.77. The minimum Gasteiger partial charge on any atom is -0.495 e. The summed E-state index contributed by atoms with van der Waals surface area (Å²) in [5, 5.41) is 4.38. The minimum atomic E-state index is -4.16. The number of carbonyl (C=O) groups is 2. The smallest absolute Gasteiger partial charge is 0.314 e. The zero-order chi connectivity index (χ0) is 24.7. The molecule has 2 aromatic carbocycles. The number of ether oxygens (including phenoxy) is 2. The van der Waals surface area contributed by atoms with E-state index in [0.29, 0.717) is 18.6 Å². The number of sulfonamides is 1. The van der Waals surface area contributed by atoms with E-state index in [2.05, 4.69) is 10.5 Å². The number of hydrazone groups is 1. The highest BCUT2D eigenvalue weighted by molar-refractivity contribution is 7.92. The molecular weight excluding hydrogens is 482 g/mol. The maximum absolute atomic E-state index is 13.5. The summed E-state index contributed by atoms with van der Waals surface area (Å²) in [5.74, 6) is -1.37. The number of anilines is 1. The second-order valence-electron chi connectivity index (χ2n) is 7.48. The molecule has 1 saturated carbocycles. The van der Waals surface area contributed by atoms with Gasteiger partial charge in [-0.1, -0.05) is 29.8 Å². The molecule has 1 atom stereocenters. The number of hydrogen-bond donors (Lipinski definition) is 1. The van der Waals surface area contributed by atoms with Crippen molar-refractivity contribution in [3.05, 3.63) is 53.6 Å². The molecule has 2 aromatic rings.